The van der Waals surface area contributed by atoms with E-state index in [1.165, 1.54) is 173 Å². The standard InChI is InChI=1S/C60H109NO8/c1-3-5-7-9-11-13-15-17-19-21-23-25-27-29-31-33-35-37-39-41-43-45-47-49-54(63)53(52-68-60-59(67)58(66)57(65)55(51-62)69-60)61-56(64)50-48-46-44-42-40-38-36-34-32-30-28-26-24-22-20-18-16-14-12-10-8-6-4-2/h24,26,30-33,39,41,47,49,53-55,57-60,62-63,65-67H,3-23,25,27-29,34-38,40,42-46,48,50-52H2,1-2H3,(H,61,64)/b26-24-,32-30-,33-31+,41-39+,49-47+. The molecule has 1 aliphatic rings. The minimum absolute atomic E-state index is 0.198. The number of aliphatic hydroxyl groups is 5. The maximum atomic E-state index is 13.0. The van der Waals surface area contributed by atoms with Crippen LogP contribution in [-0.4, -0.2) is 87.5 Å². The molecule has 9 heteroatoms. The van der Waals surface area contributed by atoms with E-state index >= 15 is 0 Å². The van der Waals surface area contributed by atoms with E-state index in [1.54, 1.807) is 6.08 Å². The van der Waals surface area contributed by atoms with Crippen molar-refractivity contribution in [1.29, 1.82) is 0 Å². The van der Waals surface area contributed by atoms with E-state index in [-0.39, 0.29) is 12.5 Å². The molecule has 0 saturated carbocycles. The fraction of sp³-hybridized carbons (Fsp3) is 0.817. The molecule has 1 fully saturated rings. The zero-order valence-corrected chi connectivity index (χ0v) is 44.6. The number of allylic oxidation sites excluding steroid dienone is 9. The van der Waals surface area contributed by atoms with Gasteiger partial charge in [-0.05, 0) is 77.0 Å². The van der Waals surface area contributed by atoms with Crippen molar-refractivity contribution < 1.29 is 39.8 Å². The summed E-state index contributed by atoms with van der Waals surface area (Å²) in [5.74, 6) is -0.198. The average molecular weight is 973 g/mol. The van der Waals surface area contributed by atoms with Crippen LogP contribution in [0.2, 0.25) is 0 Å². The smallest absolute Gasteiger partial charge is 0.220 e. The second kappa shape index (κ2) is 49.5. The summed E-state index contributed by atoms with van der Waals surface area (Å²) in [5.41, 5.74) is 0. The molecule has 1 rings (SSSR count). The fourth-order valence-corrected chi connectivity index (χ4v) is 8.93. The maximum absolute atomic E-state index is 13.0. The third kappa shape index (κ3) is 39.1. The topological polar surface area (TPSA) is 149 Å². The molecule has 7 unspecified atom stereocenters. The summed E-state index contributed by atoms with van der Waals surface area (Å²) in [7, 11) is 0. The first kappa shape index (κ1) is 64.9. The molecule has 1 amide bonds. The van der Waals surface area contributed by atoms with E-state index in [9.17, 15) is 30.3 Å². The zero-order chi connectivity index (χ0) is 50.1. The van der Waals surface area contributed by atoms with Crippen molar-refractivity contribution in [3.05, 3.63) is 60.8 Å². The number of hydrogen-bond acceptors (Lipinski definition) is 8. The predicted octanol–water partition coefficient (Wildman–Crippen LogP) is 14.3. The van der Waals surface area contributed by atoms with Gasteiger partial charge in [0, 0.05) is 6.42 Å². The summed E-state index contributed by atoms with van der Waals surface area (Å²) in [6.45, 7) is 3.77. The zero-order valence-electron chi connectivity index (χ0n) is 44.6. The van der Waals surface area contributed by atoms with Gasteiger partial charge < -0.3 is 40.3 Å². The minimum Gasteiger partial charge on any atom is -0.394 e. The Bertz CT molecular complexity index is 1270. The van der Waals surface area contributed by atoms with E-state index in [0.29, 0.717) is 6.42 Å². The Morgan fingerprint density at radius 3 is 1.30 bits per heavy atom. The van der Waals surface area contributed by atoms with Gasteiger partial charge in [-0.25, -0.2) is 0 Å². The van der Waals surface area contributed by atoms with Crippen LogP contribution in [0.4, 0.5) is 0 Å². The lowest BCUT2D eigenvalue weighted by molar-refractivity contribution is -0.302. The van der Waals surface area contributed by atoms with E-state index in [2.05, 4.69) is 67.8 Å². The Hall–Kier alpha value is -2.11. The van der Waals surface area contributed by atoms with Crippen molar-refractivity contribution >= 4 is 5.91 Å². The van der Waals surface area contributed by atoms with Gasteiger partial charge in [-0.1, -0.05) is 235 Å². The van der Waals surface area contributed by atoms with Gasteiger partial charge in [0.05, 0.1) is 25.4 Å². The van der Waals surface area contributed by atoms with Crippen molar-refractivity contribution in [2.45, 2.75) is 301 Å². The van der Waals surface area contributed by atoms with Crippen LogP contribution in [0.5, 0.6) is 0 Å². The Morgan fingerprint density at radius 2 is 0.870 bits per heavy atom. The first-order chi connectivity index (χ1) is 33.8. The number of rotatable bonds is 49. The number of nitrogens with one attached hydrogen (secondary N) is 1. The molecule has 0 aromatic rings. The normalized spacial score (nSPS) is 19.9. The van der Waals surface area contributed by atoms with E-state index in [0.717, 1.165) is 64.2 Å². The van der Waals surface area contributed by atoms with Gasteiger partial charge >= 0.3 is 0 Å². The van der Waals surface area contributed by atoms with Crippen molar-refractivity contribution in [2.24, 2.45) is 0 Å². The highest BCUT2D eigenvalue weighted by Crippen LogP contribution is 2.23. The number of amides is 1. The van der Waals surface area contributed by atoms with Crippen LogP contribution in [0, 0.1) is 0 Å². The lowest BCUT2D eigenvalue weighted by Crippen LogP contribution is -2.60. The molecule has 0 aromatic heterocycles. The first-order valence-electron chi connectivity index (χ1n) is 29.0. The largest absolute Gasteiger partial charge is 0.394 e. The highest BCUT2D eigenvalue weighted by Gasteiger charge is 2.44. The van der Waals surface area contributed by atoms with Crippen LogP contribution in [0.15, 0.2) is 60.8 Å². The van der Waals surface area contributed by atoms with Crippen molar-refractivity contribution in [3.8, 4) is 0 Å². The summed E-state index contributed by atoms with van der Waals surface area (Å²) in [6.07, 6.45) is 60.0. The van der Waals surface area contributed by atoms with Gasteiger partial charge in [0.2, 0.25) is 5.91 Å². The minimum atomic E-state index is -1.58. The van der Waals surface area contributed by atoms with Gasteiger partial charge in [0.15, 0.2) is 6.29 Å². The molecule has 6 N–H and O–H groups in total. The molecule has 402 valence electrons. The first-order valence-corrected chi connectivity index (χ1v) is 29.0. The Morgan fingerprint density at radius 1 is 0.493 bits per heavy atom. The van der Waals surface area contributed by atoms with Crippen LogP contribution in [0.3, 0.4) is 0 Å². The van der Waals surface area contributed by atoms with E-state index in [4.69, 9.17) is 9.47 Å². The average Bonchev–Trinajstić information content (AvgIpc) is 3.35. The third-order valence-corrected chi connectivity index (χ3v) is 13.5. The lowest BCUT2D eigenvalue weighted by atomic mass is 9.99. The van der Waals surface area contributed by atoms with E-state index in [1.807, 2.05) is 6.08 Å². The second-order valence-corrected chi connectivity index (χ2v) is 20.1. The molecule has 1 aliphatic heterocycles. The summed E-state index contributed by atoms with van der Waals surface area (Å²) in [6, 6.07) is -0.835. The fourth-order valence-electron chi connectivity index (χ4n) is 8.93. The Kier molecular flexibility index (Phi) is 46.5. The van der Waals surface area contributed by atoms with Gasteiger partial charge in [-0.15, -0.1) is 0 Å². The molecule has 0 aliphatic carbocycles. The van der Waals surface area contributed by atoms with Gasteiger partial charge in [-0.2, -0.15) is 0 Å². The summed E-state index contributed by atoms with van der Waals surface area (Å²) in [4.78, 5) is 13.0. The van der Waals surface area contributed by atoms with Crippen molar-refractivity contribution in [2.75, 3.05) is 13.2 Å². The number of hydrogen-bond donors (Lipinski definition) is 6. The SMILES string of the molecule is CCCCCCCCCCC/C=C\C/C=C\CCCCCCCCCC(=O)NC(COC1OC(CO)C(O)C(O)C1O)C(O)/C=C/CC/C=C/CC/C=C/CCCCCCCCCCCCCCC. The number of carbonyl (C=O) groups excluding carboxylic acids is 1. The van der Waals surface area contributed by atoms with Crippen LogP contribution in [0.1, 0.15) is 258 Å². The Balaban J connectivity index is 2.29. The predicted molar refractivity (Wildman–Crippen MR) is 290 cm³/mol. The second-order valence-electron chi connectivity index (χ2n) is 20.1. The van der Waals surface area contributed by atoms with Crippen molar-refractivity contribution in [1.82, 2.24) is 5.32 Å². The molecule has 1 saturated heterocycles. The van der Waals surface area contributed by atoms with Gasteiger partial charge in [0.1, 0.15) is 24.4 Å². The molecule has 1 heterocycles. The molecule has 9 nitrogen and oxygen atoms in total. The summed E-state index contributed by atoms with van der Waals surface area (Å²) >= 11 is 0. The van der Waals surface area contributed by atoms with Crippen LogP contribution >= 0.6 is 0 Å². The molecule has 7 atom stereocenters. The quantitative estimate of drug-likeness (QED) is 0.0261. The molecule has 0 radical (unpaired) electrons. The number of aliphatic hydroxyl groups excluding tert-OH is 5. The monoisotopic (exact) mass is 972 g/mol. The van der Waals surface area contributed by atoms with Crippen molar-refractivity contribution in [3.63, 3.8) is 0 Å². The molecular formula is C60H109NO8. The number of ether oxygens (including phenoxy) is 2. The lowest BCUT2D eigenvalue weighted by Gasteiger charge is -2.40. The highest BCUT2D eigenvalue weighted by molar-refractivity contribution is 5.76. The number of unbranched alkanes of at least 4 members (excludes halogenated alkanes) is 31. The molecule has 69 heavy (non-hydrogen) atoms. The van der Waals surface area contributed by atoms with E-state index < -0.39 is 49.5 Å². The van der Waals surface area contributed by atoms with Gasteiger partial charge in [-0.3, -0.25) is 4.79 Å². The maximum Gasteiger partial charge on any atom is 0.220 e. The Labute approximate surface area is 424 Å². The number of carbonyl (C=O) groups is 1. The molecule has 0 bridgehead atoms. The van der Waals surface area contributed by atoms with Crippen LogP contribution in [-0.2, 0) is 14.3 Å². The summed E-state index contributed by atoms with van der Waals surface area (Å²) < 4.78 is 11.2. The molecule has 0 aromatic carbocycles. The van der Waals surface area contributed by atoms with Gasteiger partial charge in [0.25, 0.3) is 0 Å². The highest BCUT2D eigenvalue weighted by atomic mass is 16.7. The van der Waals surface area contributed by atoms with Crippen LogP contribution < -0.4 is 5.32 Å². The third-order valence-electron chi connectivity index (χ3n) is 13.5. The van der Waals surface area contributed by atoms with Crippen LogP contribution in [0.25, 0.3) is 0 Å². The summed E-state index contributed by atoms with van der Waals surface area (Å²) in [5, 5.41) is 54.5. The molecular weight excluding hydrogens is 863 g/mol. The molecule has 0 spiro atoms.